The van der Waals surface area contributed by atoms with Crippen molar-refractivity contribution in [3.63, 3.8) is 0 Å². The number of anilines is 1. The van der Waals surface area contributed by atoms with Crippen LogP contribution in [0.4, 0.5) is 11.4 Å². The van der Waals surface area contributed by atoms with Crippen molar-refractivity contribution in [3.8, 4) is 0 Å². The molecule has 128 valence electrons. The van der Waals surface area contributed by atoms with Gasteiger partial charge in [0.2, 0.25) is 0 Å². The first-order chi connectivity index (χ1) is 11.6. The highest BCUT2D eigenvalue weighted by atomic mass is 16.6. The highest BCUT2D eigenvalue weighted by Gasteiger charge is 2.24. The van der Waals surface area contributed by atoms with Gasteiger partial charge in [0.05, 0.1) is 22.2 Å². The molecular weight excluding hydrogens is 310 g/mol. The van der Waals surface area contributed by atoms with E-state index in [1.807, 2.05) is 4.90 Å². The number of benzene rings is 1. The van der Waals surface area contributed by atoms with Gasteiger partial charge in [-0.15, -0.1) is 0 Å². The summed E-state index contributed by atoms with van der Waals surface area (Å²) >= 11 is 0. The molecule has 2 heterocycles. The molecule has 1 saturated heterocycles. The molecule has 1 aliphatic rings. The number of nitrogens with zero attached hydrogens (tertiary/aromatic N) is 4. The highest BCUT2D eigenvalue weighted by Crippen LogP contribution is 2.31. The molecule has 0 spiro atoms. The van der Waals surface area contributed by atoms with E-state index in [2.05, 4.69) is 21.8 Å². The van der Waals surface area contributed by atoms with E-state index in [1.54, 1.807) is 6.07 Å². The number of nitro benzene ring substituents is 1. The number of fused-ring (bicyclic) bond motifs is 1. The summed E-state index contributed by atoms with van der Waals surface area (Å²) in [5, 5.41) is 11.8. The Balaban J connectivity index is 2.00. The van der Waals surface area contributed by atoms with Crippen LogP contribution in [-0.4, -0.2) is 52.5 Å². The molecule has 0 saturated carbocycles. The highest BCUT2D eigenvalue weighted by molar-refractivity contribution is 5.87. The van der Waals surface area contributed by atoms with Crippen LogP contribution in [0.25, 0.3) is 10.9 Å². The van der Waals surface area contributed by atoms with Crippen LogP contribution < -0.4 is 10.5 Å². The number of rotatable bonds is 4. The van der Waals surface area contributed by atoms with E-state index in [4.69, 9.17) is 0 Å². The van der Waals surface area contributed by atoms with Gasteiger partial charge in [0.15, 0.2) is 0 Å². The average molecular weight is 331 g/mol. The zero-order valence-corrected chi connectivity index (χ0v) is 13.7. The van der Waals surface area contributed by atoms with E-state index in [0.717, 1.165) is 45.6 Å². The van der Waals surface area contributed by atoms with Gasteiger partial charge in [-0.25, -0.2) is 4.98 Å². The lowest BCUT2D eigenvalue weighted by molar-refractivity contribution is -0.384. The second kappa shape index (κ2) is 6.96. The van der Waals surface area contributed by atoms with Gasteiger partial charge in [-0.2, -0.15) is 0 Å². The Morgan fingerprint density at radius 2 is 2.12 bits per heavy atom. The van der Waals surface area contributed by atoms with Crippen LogP contribution in [0.3, 0.4) is 0 Å². The molecule has 1 aromatic carbocycles. The Hall–Kier alpha value is -2.48. The molecule has 1 N–H and O–H groups in total. The number of H-pyrrole nitrogens is 1. The summed E-state index contributed by atoms with van der Waals surface area (Å²) in [6.45, 7) is 6.57. The predicted molar refractivity (Wildman–Crippen MR) is 92.6 cm³/mol. The molecule has 0 aliphatic carbocycles. The smallest absolute Gasteiger partial charge is 0.293 e. The van der Waals surface area contributed by atoms with Crippen molar-refractivity contribution in [2.24, 2.45) is 0 Å². The first kappa shape index (κ1) is 16.4. The van der Waals surface area contributed by atoms with Crippen molar-refractivity contribution in [3.05, 3.63) is 38.9 Å². The SMILES string of the molecule is CCCN1CCCN(c2cc3nc[nH]c(=O)c3cc2[N+](=O)[O-])CC1. The second-order valence-electron chi connectivity index (χ2n) is 6.03. The van der Waals surface area contributed by atoms with E-state index in [1.165, 1.54) is 12.4 Å². The topological polar surface area (TPSA) is 95.4 Å². The van der Waals surface area contributed by atoms with E-state index in [9.17, 15) is 14.9 Å². The van der Waals surface area contributed by atoms with Gasteiger partial charge in [0, 0.05) is 25.7 Å². The largest absolute Gasteiger partial charge is 0.365 e. The van der Waals surface area contributed by atoms with Gasteiger partial charge < -0.3 is 14.8 Å². The summed E-state index contributed by atoms with van der Waals surface area (Å²) in [7, 11) is 0. The third-order valence-electron chi connectivity index (χ3n) is 4.40. The summed E-state index contributed by atoms with van der Waals surface area (Å²) in [4.78, 5) is 34.0. The molecule has 0 atom stereocenters. The molecule has 3 rings (SSSR count). The third-order valence-corrected chi connectivity index (χ3v) is 4.40. The number of nitrogens with one attached hydrogen (secondary N) is 1. The monoisotopic (exact) mass is 331 g/mol. The minimum atomic E-state index is -0.421. The predicted octanol–water partition coefficient (Wildman–Crippen LogP) is 1.75. The summed E-state index contributed by atoms with van der Waals surface area (Å²) in [5.41, 5.74) is 0.627. The number of aromatic nitrogens is 2. The lowest BCUT2D eigenvalue weighted by Gasteiger charge is -2.23. The summed E-state index contributed by atoms with van der Waals surface area (Å²) in [6.07, 6.45) is 3.38. The first-order valence-corrected chi connectivity index (χ1v) is 8.23. The van der Waals surface area contributed by atoms with Crippen LogP contribution in [0, 0.1) is 10.1 Å². The Labute approximate surface area is 139 Å². The Bertz CT molecular complexity index is 804. The van der Waals surface area contributed by atoms with Gasteiger partial charge in [-0.3, -0.25) is 14.9 Å². The molecule has 0 radical (unpaired) electrons. The Morgan fingerprint density at radius 1 is 1.29 bits per heavy atom. The van der Waals surface area contributed by atoms with Crippen molar-refractivity contribution in [2.45, 2.75) is 19.8 Å². The van der Waals surface area contributed by atoms with Gasteiger partial charge in [-0.1, -0.05) is 6.92 Å². The molecule has 8 heteroatoms. The maximum atomic E-state index is 11.9. The zero-order chi connectivity index (χ0) is 17.1. The molecule has 0 bridgehead atoms. The molecule has 1 aromatic heterocycles. The number of aromatic amines is 1. The summed E-state index contributed by atoms with van der Waals surface area (Å²) in [6, 6.07) is 3.00. The van der Waals surface area contributed by atoms with Crippen LogP contribution in [0.2, 0.25) is 0 Å². The van der Waals surface area contributed by atoms with Crippen molar-refractivity contribution >= 4 is 22.3 Å². The van der Waals surface area contributed by atoms with Crippen LogP contribution in [-0.2, 0) is 0 Å². The van der Waals surface area contributed by atoms with E-state index in [-0.39, 0.29) is 16.6 Å². The fraction of sp³-hybridized carbons (Fsp3) is 0.500. The standard InChI is InChI=1S/C16H21N5O3/c1-2-4-19-5-3-6-20(8-7-19)14-10-13-12(9-15(14)21(23)24)16(22)18-11-17-13/h9-11H,2-8H2,1H3,(H,17,18,22). The Morgan fingerprint density at radius 3 is 2.88 bits per heavy atom. The van der Waals surface area contributed by atoms with E-state index in [0.29, 0.717) is 11.2 Å². The van der Waals surface area contributed by atoms with Crippen molar-refractivity contribution < 1.29 is 4.92 Å². The molecule has 0 amide bonds. The average Bonchev–Trinajstić information content (AvgIpc) is 2.80. The van der Waals surface area contributed by atoms with Crippen LogP contribution >= 0.6 is 0 Å². The number of hydrogen-bond donors (Lipinski definition) is 1. The lowest BCUT2D eigenvalue weighted by atomic mass is 10.1. The molecule has 0 unspecified atom stereocenters. The molecule has 24 heavy (non-hydrogen) atoms. The third kappa shape index (κ3) is 3.23. The zero-order valence-electron chi connectivity index (χ0n) is 13.7. The van der Waals surface area contributed by atoms with E-state index < -0.39 is 4.92 Å². The maximum absolute atomic E-state index is 11.9. The van der Waals surface area contributed by atoms with Crippen molar-refractivity contribution in [1.82, 2.24) is 14.9 Å². The molecular formula is C16H21N5O3. The van der Waals surface area contributed by atoms with Crippen molar-refractivity contribution in [1.29, 1.82) is 0 Å². The van der Waals surface area contributed by atoms with Crippen molar-refractivity contribution in [2.75, 3.05) is 37.6 Å². The minimum absolute atomic E-state index is 0.0371. The van der Waals surface area contributed by atoms with Gasteiger partial charge >= 0.3 is 0 Å². The second-order valence-corrected chi connectivity index (χ2v) is 6.03. The first-order valence-electron chi connectivity index (χ1n) is 8.23. The molecule has 8 nitrogen and oxygen atoms in total. The quantitative estimate of drug-likeness (QED) is 0.677. The van der Waals surface area contributed by atoms with Crippen LogP contribution in [0.5, 0.6) is 0 Å². The molecule has 1 aliphatic heterocycles. The maximum Gasteiger partial charge on any atom is 0.293 e. The van der Waals surface area contributed by atoms with Gasteiger partial charge in [0.25, 0.3) is 11.2 Å². The Kier molecular flexibility index (Phi) is 4.75. The van der Waals surface area contributed by atoms with Gasteiger partial charge in [0.1, 0.15) is 5.69 Å². The summed E-state index contributed by atoms with van der Waals surface area (Å²) < 4.78 is 0. The lowest BCUT2D eigenvalue weighted by Crippen LogP contribution is -2.31. The fourth-order valence-corrected chi connectivity index (χ4v) is 3.24. The van der Waals surface area contributed by atoms with Crippen LogP contribution in [0.1, 0.15) is 19.8 Å². The molecule has 2 aromatic rings. The number of nitro groups is 1. The fourth-order valence-electron chi connectivity index (χ4n) is 3.24. The minimum Gasteiger partial charge on any atom is -0.365 e. The molecule has 1 fully saturated rings. The normalized spacial score (nSPS) is 16.3. The number of hydrogen-bond acceptors (Lipinski definition) is 6. The van der Waals surface area contributed by atoms with E-state index >= 15 is 0 Å². The van der Waals surface area contributed by atoms with Gasteiger partial charge in [-0.05, 0) is 32.0 Å². The summed E-state index contributed by atoms with van der Waals surface area (Å²) in [5.74, 6) is 0. The van der Waals surface area contributed by atoms with Crippen LogP contribution in [0.15, 0.2) is 23.3 Å².